The first-order valence-corrected chi connectivity index (χ1v) is 13.9. The Balaban J connectivity index is 2.46. The topological polar surface area (TPSA) is 137 Å². The average molecular weight is 564 g/mol. The molecule has 0 spiro atoms. The number of esters is 2. The van der Waals surface area contributed by atoms with Gasteiger partial charge in [-0.2, -0.15) is 0 Å². The van der Waals surface area contributed by atoms with E-state index in [1.54, 1.807) is 48.5 Å². The van der Waals surface area contributed by atoms with Crippen molar-refractivity contribution in [3.05, 3.63) is 23.8 Å². The normalized spacial score (nSPS) is 16.8. The summed E-state index contributed by atoms with van der Waals surface area (Å²) in [5.74, 6) is -2.57. The summed E-state index contributed by atoms with van der Waals surface area (Å²) >= 11 is 0. The maximum absolute atomic E-state index is 12.8. The number of rotatable bonds is 10. The molecule has 1 aliphatic rings. The van der Waals surface area contributed by atoms with Gasteiger partial charge in [-0.1, -0.05) is 19.4 Å². The van der Waals surface area contributed by atoms with Crippen LogP contribution >= 0.6 is 0 Å². The molecule has 1 aromatic carbocycles. The molecule has 0 amide bonds. The van der Waals surface area contributed by atoms with Gasteiger partial charge in [-0.25, -0.2) is 9.59 Å². The minimum Gasteiger partial charge on any atom is -0.477 e. The first kappa shape index (κ1) is 33.1. The second-order valence-corrected chi connectivity index (χ2v) is 12.6. The fraction of sp³-hybridized carbons (Fsp3) is 0.667. The smallest absolute Gasteiger partial charge is 0.477 e. The number of nitrogens with one attached hydrogen (secondary N) is 1. The Morgan fingerprint density at radius 3 is 1.98 bits per heavy atom. The molecule has 0 bridgehead atoms. The monoisotopic (exact) mass is 563 g/mol. The summed E-state index contributed by atoms with van der Waals surface area (Å²) in [6.07, 6.45) is 3.16. The number of carbonyl (C=O) groups excluding carboxylic acids is 3. The summed E-state index contributed by atoms with van der Waals surface area (Å²) in [6.45, 7) is 13.8. The van der Waals surface area contributed by atoms with E-state index >= 15 is 0 Å². The van der Waals surface area contributed by atoms with Crippen LogP contribution in [0.1, 0.15) is 99.5 Å². The van der Waals surface area contributed by atoms with E-state index in [2.05, 4.69) is 5.32 Å². The van der Waals surface area contributed by atoms with Crippen LogP contribution in [0.25, 0.3) is 0 Å². The summed E-state index contributed by atoms with van der Waals surface area (Å²) in [4.78, 5) is 50.8. The van der Waals surface area contributed by atoms with E-state index in [1.165, 1.54) is 18.2 Å². The van der Waals surface area contributed by atoms with Crippen molar-refractivity contribution in [1.29, 1.82) is 0 Å². The lowest BCUT2D eigenvalue weighted by Gasteiger charge is -2.33. The van der Waals surface area contributed by atoms with E-state index in [-0.39, 0.29) is 30.1 Å². The predicted octanol–water partition coefficient (Wildman–Crippen LogP) is 5.79. The number of carboxylic acids is 1. The van der Waals surface area contributed by atoms with E-state index in [0.717, 1.165) is 19.3 Å². The fourth-order valence-electron chi connectivity index (χ4n) is 3.90. The second kappa shape index (κ2) is 13.5. The van der Waals surface area contributed by atoms with Gasteiger partial charge in [0.2, 0.25) is 0 Å². The Labute approximate surface area is 237 Å². The number of aliphatic carboxylic acids is 1. The molecule has 1 saturated carbocycles. The van der Waals surface area contributed by atoms with Gasteiger partial charge in [0.05, 0.1) is 10.8 Å². The van der Waals surface area contributed by atoms with E-state index in [4.69, 9.17) is 18.9 Å². The van der Waals surface area contributed by atoms with Gasteiger partial charge < -0.3 is 24.1 Å². The third-order valence-corrected chi connectivity index (χ3v) is 6.60. The van der Waals surface area contributed by atoms with Crippen LogP contribution in [-0.4, -0.2) is 47.0 Å². The summed E-state index contributed by atoms with van der Waals surface area (Å²) in [5.41, 5.74) is -3.50. The molecular weight excluding hydrogens is 518 g/mol. The van der Waals surface area contributed by atoms with Crippen molar-refractivity contribution in [2.24, 2.45) is 10.8 Å². The van der Waals surface area contributed by atoms with Crippen molar-refractivity contribution in [1.82, 2.24) is 5.32 Å². The Morgan fingerprint density at radius 1 is 0.925 bits per heavy atom. The van der Waals surface area contributed by atoms with Gasteiger partial charge in [-0.15, -0.1) is 0 Å². The van der Waals surface area contributed by atoms with E-state index in [9.17, 15) is 24.3 Å². The van der Waals surface area contributed by atoms with Crippen molar-refractivity contribution in [2.75, 3.05) is 0 Å². The van der Waals surface area contributed by atoms with Gasteiger partial charge >= 0.3 is 24.1 Å². The Bertz CT molecular complexity index is 1060. The Morgan fingerprint density at radius 2 is 1.48 bits per heavy atom. The SMILES string of the molecule is CCC(C)N[C@@](Cc1ccc(OC(=O)C(C)(C)C)c(OC(=O)C(C)(C)C)c1)(OC(=O)OC1CCCCC1)C(=O)O. The Kier molecular flexibility index (Phi) is 11.1. The molecule has 2 N–H and O–H groups in total. The molecule has 0 aliphatic heterocycles. The molecule has 1 aromatic rings. The van der Waals surface area contributed by atoms with Crippen molar-refractivity contribution >= 4 is 24.1 Å². The van der Waals surface area contributed by atoms with Crippen molar-refractivity contribution in [3.63, 3.8) is 0 Å². The van der Waals surface area contributed by atoms with Gasteiger partial charge in [-0.3, -0.25) is 14.9 Å². The molecule has 2 rings (SSSR count). The van der Waals surface area contributed by atoms with Crippen LogP contribution in [0.15, 0.2) is 18.2 Å². The highest BCUT2D eigenvalue weighted by Gasteiger charge is 2.45. The number of carboxylic acid groups (broad SMARTS) is 1. The van der Waals surface area contributed by atoms with Crippen molar-refractivity contribution in [2.45, 2.75) is 118 Å². The van der Waals surface area contributed by atoms with E-state index < -0.39 is 40.6 Å². The minimum absolute atomic E-state index is 0.00899. The lowest BCUT2D eigenvalue weighted by molar-refractivity contribution is -0.168. The molecule has 0 radical (unpaired) electrons. The number of carbonyl (C=O) groups is 4. The lowest BCUT2D eigenvalue weighted by Crippen LogP contribution is -2.59. The highest BCUT2D eigenvalue weighted by atomic mass is 16.7. The van der Waals surface area contributed by atoms with Gasteiger partial charge in [0.1, 0.15) is 6.10 Å². The summed E-state index contributed by atoms with van der Waals surface area (Å²) in [5, 5.41) is 13.3. The zero-order valence-corrected chi connectivity index (χ0v) is 25.0. The third kappa shape index (κ3) is 9.50. The van der Waals surface area contributed by atoms with Crippen LogP contribution in [-0.2, 0) is 30.3 Å². The van der Waals surface area contributed by atoms with Crippen LogP contribution < -0.4 is 14.8 Å². The summed E-state index contributed by atoms with van der Waals surface area (Å²) in [6, 6.07) is 4.05. The molecule has 0 aromatic heterocycles. The maximum atomic E-state index is 12.8. The summed E-state index contributed by atoms with van der Waals surface area (Å²) < 4.78 is 22.1. The molecule has 224 valence electrons. The first-order valence-electron chi connectivity index (χ1n) is 13.9. The van der Waals surface area contributed by atoms with Gasteiger partial charge in [0, 0.05) is 12.5 Å². The summed E-state index contributed by atoms with van der Waals surface area (Å²) in [7, 11) is 0. The number of benzene rings is 1. The van der Waals surface area contributed by atoms with Crippen LogP contribution in [0.5, 0.6) is 11.5 Å². The van der Waals surface area contributed by atoms with Gasteiger partial charge in [0.15, 0.2) is 11.5 Å². The molecule has 1 fully saturated rings. The maximum Gasteiger partial charge on any atom is 0.510 e. The molecule has 40 heavy (non-hydrogen) atoms. The van der Waals surface area contributed by atoms with Crippen molar-refractivity contribution < 1.29 is 43.2 Å². The standard InChI is InChI=1S/C30H45NO9/c1-9-19(2)31-30(24(32)33,40-27(36)37-21-13-11-10-12-14-21)18-20-15-16-22(38-25(34)28(3,4)5)23(17-20)39-26(35)29(6,7)8/h15-17,19,21,31H,9-14,18H2,1-8H3,(H,32,33)/t19?,30-/m0/s1. The second-order valence-electron chi connectivity index (χ2n) is 12.6. The van der Waals surface area contributed by atoms with Crippen LogP contribution in [0.2, 0.25) is 0 Å². The molecule has 10 nitrogen and oxygen atoms in total. The molecule has 2 atom stereocenters. The fourth-order valence-corrected chi connectivity index (χ4v) is 3.90. The highest BCUT2D eigenvalue weighted by molar-refractivity contribution is 5.82. The van der Waals surface area contributed by atoms with Gasteiger partial charge in [0.25, 0.3) is 5.72 Å². The van der Waals surface area contributed by atoms with Gasteiger partial charge in [-0.05, 0) is 98.3 Å². The lowest BCUT2D eigenvalue weighted by atomic mass is 9.97. The van der Waals surface area contributed by atoms with Crippen LogP contribution in [0, 0.1) is 10.8 Å². The Hall–Kier alpha value is -3.14. The quantitative estimate of drug-likeness (QED) is 0.204. The minimum atomic E-state index is -2.17. The largest absolute Gasteiger partial charge is 0.510 e. The van der Waals surface area contributed by atoms with Crippen LogP contribution in [0.4, 0.5) is 4.79 Å². The molecular formula is C30H45NO9. The van der Waals surface area contributed by atoms with E-state index in [1.807, 2.05) is 6.92 Å². The first-order chi connectivity index (χ1) is 18.5. The molecule has 0 heterocycles. The highest BCUT2D eigenvalue weighted by Crippen LogP contribution is 2.34. The van der Waals surface area contributed by atoms with Crippen molar-refractivity contribution in [3.8, 4) is 11.5 Å². The predicted molar refractivity (Wildman–Crippen MR) is 148 cm³/mol. The molecule has 1 unspecified atom stereocenters. The zero-order chi connectivity index (χ0) is 30.3. The van der Waals surface area contributed by atoms with E-state index in [0.29, 0.717) is 24.8 Å². The third-order valence-electron chi connectivity index (χ3n) is 6.60. The number of hydrogen-bond donors (Lipinski definition) is 2. The number of hydrogen-bond acceptors (Lipinski definition) is 9. The molecule has 1 aliphatic carbocycles. The van der Waals surface area contributed by atoms with Crippen LogP contribution in [0.3, 0.4) is 0 Å². The molecule has 0 saturated heterocycles. The molecule has 10 heteroatoms. The number of ether oxygens (including phenoxy) is 4. The average Bonchev–Trinajstić information content (AvgIpc) is 2.84. The zero-order valence-electron chi connectivity index (χ0n) is 25.0.